The molecule has 7 heteroatoms. The Labute approximate surface area is 226 Å². The number of ether oxygens (including phenoxy) is 2. The first-order valence-electron chi connectivity index (χ1n) is 12.4. The standard InChI is InChI=1S/C32H27NO6/c1-20-17-23(13-16-27(20)39-19-21-7-4-3-5-8-21)30(35)28-29(22-11-14-25(34)15-12-22)33(32(37)31(28)36)24-9-6-10-26(18-24)38-2/h3-18,29,34-35H,19H2,1-2H3/b30-28+. The molecule has 0 spiro atoms. The van der Waals surface area contributed by atoms with Crippen molar-refractivity contribution in [3.05, 3.63) is 125 Å². The summed E-state index contributed by atoms with van der Waals surface area (Å²) in [5.41, 5.74) is 3.11. The molecule has 1 amide bonds. The minimum Gasteiger partial charge on any atom is -0.508 e. The number of hydrogen-bond acceptors (Lipinski definition) is 6. The number of aliphatic hydroxyl groups excluding tert-OH is 1. The summed E-state index contributed by atoms with van der Waals surface area (Å²) in [6.07, 6.45) is 0. The van der Waals surface area contributed by atoms with E-state index in [1.165, 1.54) is 24.1 Å². The van der Waals surface area contributed by atoms with Crippen LogP contribution in [0, 0.1) is 6.92 Å². The lowest BCUT2D eigenvalue weighted by atomic mass is 9.94. The summed E-state index contributed by atoms with van der Waals surface area (Å²) in [6.45, 7) is 2.24. The first-order chi connectivity index (χ1) is 18.9. The lowest BCUT2D eigenvalue weighted by Crippen LogP contribution is -2.29. The maximum atomic E-state index is 13.4. The summed E-state index contributed by atoms with van der Waals surface area (Å²) < 4.78 is 11.3. The highest BCUT2D eigenvalue weighted by molar-refractivity contribution is 6.51. The summed E-state index contributed by atoms with van der Waals surface area (Å²) in [5, 5.41) is 21.3. The maximum Gasteiger partial charge on any atom is 0.300 e. The third kappa shape index (κ3) is 5.07. The molecule has 0 aromatic heterocycles. The van der Waals surface area contributed by atoms with Crippen molar-refractivity contribution in [3.8, 4) is 17.2 Å². The number of aliphatic hydroxyl groups is 1. The van der Waals surface area contributed by atoms with E-state index in [2.05, 4.69) is 0 Å². The monoisotopic (exact) mass is 521 g/mol. The predicted molar refractivity (Wildman–Crippen MR) is 148 cm³/mol. The first-order valence-corrected chi connectivity index (χ1v) is 12.4. The Morgan fingerprint density at radius 2 is 1.64 bits per heavy atom. The number of phenols is 1. The Bertz CT molecular complexity index is 1560. The number of carbonyl (C=O) groups is 2. The van der Waals surface area contributed by atoms with Crippen LogP contribution in [0.25, 0.3) is 5.76 Å². The summed E-state index contributed by atoms with van der Waals surface area (Å²) in [5.74, 6) is -0.686. The van der Waals surface area contributed by atoms with Crippen molar-refractivity contribution in [2.75, 3.05) is 12.0 Å². The summed E-state index contributed by atoms with van der Waals surface area (Å²) >= 11 is 0. The smallest absolute Gasteiger partial charge is 0.300 e. The Morgan fingerprint density at radius 3 is 2.33 bits per heavy atom. The lowest BCUT2D eigenvalue weighted by molar-refractivity contribution is -0.132. The van der Waals surface area contributed by atoms with E-state index in [0.29, 0.717) is 34.9 Å². The second-order valence-electron chi connectivity index (χ2n) is 9.22. The van der Waals surface area contributed by atoms with E-state index in [1.54, 1.807) is 54.6 Å². The van der Waals surface area contributed by atoms with Crippen LogP contribution in [0.5, 0.6) is 17.2 Å². The molecule has 1 aliphatic heterocycles. The number of hydrogen-bond donors (Lipinski definition) is 2. The second kappa shape index (κ2) is 10.8. The van der Waals surface area contributed by atoms with Gasteiger partial charge in [-0.2, -0.15) is 0 Å². The normalized spacial score (nSPS) is 16.4. The third-order valence-electron chi connectivity index (χ3n) is 6.67. The molecule has 1 unspecified atom stereocenters. The van der Waals surface area contributed by atoms with Crippen LogP contribution < -0.4 is 14.4 Å². The number of amides is 1. The largest absolute Gasteiger partial charge is 0.508 e. The van der Waals surface area contributed by atoms with Crippen LogP contribution in [-0.4, -0.2) is 29.0 Å². The highest BCUT2D eigenvalue weighted by atomic mass is 16.5. The van der Waals surface area contributed by atoms with E-state index in [4.69, 9.17) is 9.47 Å². The molecule has 5 rings (SSSR count). The molecule has 4 aromatic carbocycles. The van der Waals surface area contributed by atoms with Crippen LogP contribution >= 0.6 is 0 Å². The number of methoxy groups -OCH3 is 1. The Morgan fingerprint density at radius 1 is 0.897 bits per heavy atom. The van der Waals surface area contributed by atoms with Crippen molar-refractivity contribution in [1.82, 2.24) is 0 Å². The number of aromatic hydroxyl groups is 1. The van der Waals surface area contributed by atoms with Gasteiger partial charge in [0.15, 0.2) is 0 Å². The van der Waals surface area contributed by atoms with Crippen LogP contribution in [-0.2, 0) is 16.2 Å². The predicted octanol–water partition coefficient (Wildman–Crippen LogP) is 5.91. The number of anilines is 1. The van der Waals surface area contributed by atoms with Gasteiger partial charge >= 0.3 is 0 Å². The molecule has 2 N–H and O–H groups in total. The van der Waals surface area contributed by atoms with Crippen LogP contribution in [0.1, 0.15) is 28.3 Å². The highest BCUT2D eigenvalue weighted by Gasteiger charge is 2.47. The molecule has 0 aliphatic carbocycles. The molecule has 1 fully saturated rings. The summed E-state index contributed by atoms with van der Waals surface area (Å²) in [4.78, 5) is 28.1. The molecule has 1 saturated heterocycles. The van der Waals surface area contributed by atoms with Crippen molar-refractivity contribution >= 4 is 23.1 Å². The van der Waals surface area contributed by atoms with E-state index in [0.717, 1.165) is 11.1 Å². The van der Waals surface area contributed by atoms with Gasteiger partial charge < -0.3 is 19.7 Å². The van der Waals surface area contributed by atoms with Gasteiger partial charge in [-0.25, -0.2) is 0 Å². The fourth-order valence-electron chi connectivity index (χ4n) is 4.68. The Balaban J connectivity index is 1.56. The van der Waals surface area contributed by atoms with E-state index in [9.17, 15) is 19.8 Å². The van der Waals surface area contributed by atoms with E-state index in [-0.39, 0.29) is 17.1 Å². The van der Waals surface area contributed by atoms with Gasteiger partial charge in [-0.05, 0) is 66.1 Å². The third-order valence-corrected chi connectivity index (χ3v) is 6.67. The molecule has 196 valence electrons. The average molecular weight is 522 g/mol. The minimum atomic E-state index is -0.924. The first kappa shape index (κ1) is 25.6. The maximum absolute atomic E-state index is 13.4. The Kier molecular flexibility index (Phi) is 7.06. The Hall–Kier alpha value is -5.04. The average Bonchev–Trinajstić information content (AvgIpc) is 3.22. The number of aryl methyl sites for hydroxylation is 1. The van der Waals surface area contributed by atoms with Crippen LogP contribution in [0.15, 0.2) is 103 Å². The van der Waals surface area contributed by atoms with Crippen molar-refractivity contribution < 1.29 is 29.3 Å². The van der Waals surface area contributed by atoms with Crippen LogP contribution in [0.3, 0.4) is 0 Å². The zero-order valence-electron chi connectivity index (χ0n) is 21.5. The van der Waals surface area contributed by atoms with Gasteiger partial charge in [0.2, 0.25) is 0 Å². The van der Waals surface area contributed by atoms with Gasteiger partial charge in [0, 0.05) is 17.3 Å². The van der Waals surface area contributed by atoms with Crippen LogP contribution in [0.4, 0.5) is 5.69 Å². The van der Waals surface area contributed by atoms with Crippen molar-refractivity contribution in [2.24, 2.45) is 0 Å². The molecular formula is C32H27NO6. The SMILES string of the molecule is COc1cccc(N2C(=O)C(=O)/C(=C(/O)c3ccc(OCc4ccccc4)c(C)c3)C2c2ccc(O)cc2)c1. The van der Waals surface area contributed by atoms with Gasteiger partial charge in [0.05, 0.1) is 18.7 Å². The zero-order valence-corrected chi connectivity index (χ0v) is 21.5. The number of benzene rings is 4. The quantitative estimate of drug-likeness (QED) is 0.178. The topological polar surface area (TPSA) is 96.3 Å². The van der Waals surface area contributed by atoms with Crippen molar-refractivity contribution in [3.63, 3.8) is 0 Å². The summed E-state index contributed by atoms with van der Waals surface area (Å²) in [6, 6.07) is 27.0. The van der Waals surface area contributed by atoms with Crippen LogP contribution in [0.2, 0.25) is 0 Å². The second-order valence-corrected chi connectivity index (χ2v) is 9.22. The molecule has 1 aliphatic rings. The number of nitrogens with zero attached hydrogens (tertiary/aromatic N) is 1. The molecule has 0 saturated carbocycles. The zero-order chi connectivity index (χ0) is 27.5. The molecule has 39 heavy (non-hydrogen) atoms. The van der Waals surface area contributed by atoms with E-state index >= 15 is 0 Å². The number of ketones is 1. The molecule has 1 heterocycles. The van der Waals surface area contributed by atoms with Gasteiger partial charge in [-0.15, -0.1) is 0 Å². The van der Waals surface area contributed by atoms with Gasteiger partial charge in [-0.1, -0.05) is 48.5 Å². The molecule has 1 atom stereocenters. The number of Topliss-reactive ketones (excluding diaryl/α,β-unsaturated/α-hetero) is 1. The fourth-order valence-corrected chi connectivity index (χ4v) is 4.68. The van der Waals surface area contributed by atoms with Gasteiger partial charge in [-0.3, -0.25) is 14.5 Å². The minimum absolute atomic E-state index is 0.0406. The number of carbonyl (C=O) groups excluding carboxylic acids is 2. The van der Waals surface area contributed by atoms with Crippen molar-refractivity contribution in [2.45, 2.75) is 19.6 Å². The molecule has 0 bridgehead atoms. The molecule has 0 radical (unpaired) electrons. The van der Waals surface area contributed by atoms with Gasteiger partial charge in [0.1, 0.15) is 29.6 Å². The molecule has 4 aromatic rings. The number of phenolic OH excluding ortho intramolecular Hbond substituents is 1. The lowest BCUT2D eigenvalue weighted by Gasteiger charge is -2.25. The fraction of sp³-hybridized carbons (Fsp3) is 0.125. The van der Waals surface area contributed by atoms with Crippen molar-refractivity contribution in [1.29, 1.82) is 0 Å². The van der Waals surface area contributed by atoms with E-state index < -0.39 is 17.7 Å². The summed E-state index contributed by atoms with van der Waals surface area (Å²) in [7, 11) is 1.51. The number of rotatable bonds is 7. The highest BCUT2D eigenvalue weighted by Crippen LogP contribution is 2.43. The molecule has 7 nitrogen and oxygen atoms in total. The molecular weight excluding hydrogens is 494 g/mol. The van der Waals surface area contributed by atoms with Gasteiger partial charge in [0.25, 0.3) is 11.7 Å². The van der Waals surface area contributed by atoms with E-state index in [1.807, 2.05) is 37.3 Å².